The van der Waals surface area contributed by atoms with E-state index in [1.54, 1.807) is 0 Å². The number of carbonyl (C=O) groups is 1. The molecule has 1 saturated carbocycles. The van der Waals surface area contributed by atoms with E-state index < -0.39 is 0 Å². The lowest BCUT2D eigenvalue weighted by molar-refractivity contribution is -0.122. The maximum absolute atomic E-state index is 12.1. The van der Waals surface area contributed by atoms with Gasteiger partial charge < -0.3 is 5.73 Å². The van der Waals surface area contributed by atoms with Crippen LogP contribution in [0.1, 0.15) is 51.4 Å². The van der Waals surface area contributed by atoms with Gasteiger partial charge in [-0.25, -0.2) is 9.67 Å². The number of nitrogens with two attached hydrogens (primary N) is 1. The summed E-state index contributed by atoms with van der Waals surface area (Å²) in [5.74, 6) is 0.997. The van der Waals surface area contributed by atoms with Crippen LogP contribution >= 0.6 is 0 Å². The lowest BCUT2D eigenvalue weighted by Crippen LogP contribution is -2.39. The third kappa shape index (κ3) is 2.61. The van der Waals surface area contributed by atoms with Crippen LogP contribution in [-0.2, 0) is 11.2 Å². The predicted octanol–water partition coefficient (Wildman–Crippen LogP) is 1.49. The molecule has 1 aromatic rings. The number of rotatable bonds is 6. The molecule has 1 heterocycles. The van der Waals surface area contributed by atoms with E-state index in [-0.39, 0.29) is 17.2 Å². The molecule has 18 heavy (non-hydrogen) atoms. The van der Waals surface area contributed by atoms with Gasteiger partial charge in [-0.15, -0.1) is 0 Å². The van der Waals surface area contributed by atoms with E-state index >= 15 is 0 Å². The molecule has 2 rings (SSSR count). The molecular weight excluding hydrogens is 228 g/mol. The van der Waals surface area contributed by atoms with Gasteiger partial charge in [-0.05, 0) is 38.6 Å². The van der Waals surface area contributed by atoms with Crippen molar-refractivity contribution in [1.82, 2.24) is 14.8 Å². The van der Waals surface area contributed by atoms with Gasteiger partial charge in [0.2, 0.25) is 0 Å². The molecule has 2 N–H and O–H groups in total. The summed E-state index contributed by atoms with van der Waals surface area (Å²) in [6.45, 7) is 4.70. The van der Waals surface area contributed by atoms with Gasteiger partial charge in [0.05, 0.1) is 6.42 Å². The molecule has 5 nitrogen and oxygen atoms in total. The van der Waals surface area contributed by atoms with Crippen molar-refractivity contribution in [2.24, 2.45) is 11.1 Å². The van der Waals surface area contributed by atoms with E-state index in [0.29, 0.717) is 19.4 Å². The van der Waals surface area contributed by atoms with Crippen molar-refractivity contribution < 1.29 is 4.79 Å². The molecule has 0 atom stereocenters. The van der Waals surface area contributed by atoms with Crippen LogP contribution in [0.2, 0.25) is 0 Å². The number of Topliss-reactive ketones (excluding diaryl/α,β-unsaturated/α-hetero) is 1. The zero-order valence-electron chi connectivity index (χ0n) is 11.2. The quantitative estimate of drug-likeness (QED) is 0.830. The van der Waals surface area contributed by atoms with Crippen molar-refractivity contribution in [2.45, 2.75) is 52.0 Å². The summed E-state index contributed by atoms with van der Waals surface area (Å²) in [6.07, 6.45) is 5.87. The SMILES string of the molecule is CC(C)n1ncnc1CC(=O)CC1(CN)CCC1. The molecule has 0 unspecified atom stereocenters. The zero-order valence-corrected chi connectivity index (χ0v) is 11.2. The molecule has 1 aliphatic carbocycles. The Morgan fingerprint density at radius 3 is 2.78 bits per heavy atom. The first-order valence-electron chi connectivity index (χ1n) is 6.66. The first-order valence-corrected chi connectivity index (χ1v) is 6.66. The molecule has 1 aliphatic rings. The van der Waals surface area contributed by atoms with Crippen LogP contribution < -0.4 is 5.73 Å². The Morgan fingerprint density at radius 2 is 2.28 bits per heavy atom. The third-order valence-corrected chi connectivity index (χ3v) is 3.91. The fourth-order valence-electron chi connectivity index (χ4n) is 2.62. The Morgan fingerprint density at radius 1 is 1.56 bits per heavy atom. The normalized spacial score (nSPS) is 17.8. The average molecular weight is 250 g/mol. The van der Waals surface area contributed by atoms with Crippen molar-refractivity contribution >= 4 is 5.78 Å². The first-order chi connectivity index (χ1) is 8.56. The topological polar surface area (TPSA) is 73.8 Å². The molecule has 0 spiro atoms. The van der Waals surface area contributed by atoms with Crippen molar-refractivity contribution in [1.29, 1.82) is 0 Å². The minimum Gasteiger partial charge on any atom is -0.330 e. The Kier molecular flexibility index (Phi) is 3.80. The Balaban J connectivity index is 1.97. The second-order valence-electron chi connectivity index (χ2n) is 5.66. The molecule has 0 amide bonds. The minimum absolute atomic E-state index is 0.0831. The van der Waals surface area contributed by atoms with Gasteiger partial charge in [0, 0.05) is 12.5 Å². The van der Waals surface area contributed by atoms with E-state index in [4.69, 9.17) is 5.73 Å². The van der Waals surface area contributed by atoms with E-state index in [9.17, 15) is 4.79 Å². The van der Waals surface area contributed by atoms with Crippen molar-refractivity contribution in [3.8, 4) is 0 Å². The van der Waals surface area contributed by atoms with E-state index in [0.717, 1.165) is 18.7 Å². The molecule has 1 aromatic heterocycles. The van der Waals surface area contributed by atoms with Crippen LogP contribution in [0.3, 0.4) is 0 Å². The lowest BCUT2D eigenvalue weighted by atomic mass is 9.66. The summed E-state index contributed by atoms with van der Waals surface area (Å²) in [6, 6.07) is 0.238. The molecule has 5 heteroatoms. The molecule has 0 bridgehead atoms. The first kappa shape index (κ1) is 13.2. The molecule has 1 fully saturated rings. The van der Waals surface area contributed by atoms with Crippen LogP contribution in [0, 0.1) is 5.41 Å². The standard InChI is InChI=1S/C13H22N4O/c1-10(2)17-12(15-9-16-17)6-11(18)7-13(8-14)4-3-5-13/h9-10H,3-8,14H2,1-2H3. The highest BCUT2D eigenvalue weighted by Gasteiger charge is 2.37. The van der Waals surface area contributed by atoms with Crippen LogP contribution in [0.25, 0.3) is 0 Å². The number of hydrogen-bond donors (Lipinski definition) is 1. The van der Waals surface area contributed by atoms with Gasteiger partial charge in [-0.2, -0.15) is 5.10 Å². The predicted molar refractivity (Wildman–Crippen MR) is 69.1 cm³/mol. The summed E-state index contributed by atoms with van der Waals surface area (Å²) in [5.41, 5.74) is 5.87. The summed E-state index contributed by atoms with van der Waals surface area (Å²) < 4.78 is 1.81. The molecule has 0 radical (unpaired) electrons. The summed E-state index contributed by atoms with van der Waals surface area (Å²) in [5, 5.41) is 4.15. The number of aromatic nitrogens is 3. The average Bonchev–Trinajstić information content (AvgIpc) is 2.71. The smallest absolute Gasteiger partial charge is 0.141 e. The van der Waals surface area contributed by atoms with Gasteiger partial charge in [0.25, 0.3) is 0 Å². The van der Waals surface area contributed by atoms with E-state index in [2.05, 4.69) is 10.1 Å². The number of hydrogen-bond acceptors (Lipinski definition) is 4. The monoisotopic (exact) mass is 250 g/mol. The van der Waals surface area contributed by atoms with Gasteiger partial charge in [0.15, 0.2) is 0 Å². The minimum atomic E-state index is 0.0831. The Hall–Kier alpha value is -1.23. The van der Waals surface area contributed by atoms with Gasteiger partial charge in [-0.1, -0.05) is 6.42 Å². The van der Waals surface area contributed by atoms with Gasteiger partial charge in [-0.3, -0.25) is 4.79 Å². The van der Waals surface area contributed by atoms with E-state index in [1.165, 1.54) is 12.7 Å². The summed E-state index contributed by atoms with van der Waals surface area (Å²) in [4.78, 5) is 16.3. The fourth-order valence-corrected chi connectivity index (χ4v) is 2.62. The van der Waals surface area contributed by atoms with Crippen molar-refractivity contribution in [3.63, 3.8) is 0 Å². The molecular formula is C13H22N4O. The summed E-state index contributed by atoms with van der Waals surface area (Å²) >= 11 is 0. The highest BCUT2D eigenvalue weighted by molar-refractivity contribution is 5.81. The molecule has 0 aliphatic heterocycles. The molecule has 0 aromatic carbocycles. The summed E-state index contributed by atoms with van der Waals surface area (Å²) in [7, 11) is 0. The van der Waals surface area contributed by atoms with Crippen LogP contribution in [0.5, 0.6) is 0 Å². The van der Waals surface area contributed by atoms with Crippen molar-refractivity contribution in [2.75, 3.05) is 6.54 Å². The number of nitrogens with zero attached hydrogens (tertiary/aromatic N) is 3. The third-order valence-electron chi connectivity index (χ3n) is 3.91. The highest BCUT2D eigenvalue weighted by atomic mass is 16.1. The lowest BCUT2D eigenvalue weighted by Gasteiger charge is -2.40. The Bertz CT molecular complexity index is 415. The maximum atomic E-state index is 12.1. The zero-order chi connectivity index (χ0) is 13.2. The largest absolute Gasteiger partial charge is 0.330 e. The van der Waals surface area contributed by atoms with Gasteiger partial charge in [0.1, 0.15) is 17.9 Å². The maximum Gasteiger partial charge on any atom is 0.141 e. The second kappa shape index (κ2) is 5.18. The second-order valence-corrected chi connectivity index (χ2v) is 5.66. The fraction of sp³-hybridized carbons (Fsp3) is 0.769. The Labute approximate surface area is 108 Å². The number of carbonyl (C=O) groups excluding carboxylic acids is 1. The van der Waals surface area contributed by atoms with Crippen LogP contribution in [0.15, 0.2) is 6.33 Å². The van der Waals surface area contributed by atoms with E-state index in [1.807, 2.05) is 18.5 Å². The van der Waals surface area contributed by atoms with Crippen LogP contribution in [-0.4, -0.2) is 27.1 Å². The molecule has 100 valence electrons. The van der Waals surface area contributed by atoms with Crippen molar-refractivity contribution in [3.05, 3.63) is 12.2 Å². The van der Waals surface area contributed by atoms with Gasteiger partial charge >= 0.3 is 0 Å². The molecule has 0 saturated heterocycles. The number of ketones is 1. The highest BCUT2D eigenvalue weighted by Crippen LogP contribution is 2.43. The van der Waals surface area contributed by atoms with Crippen LogP contribution in [0.4, 0.5) is 0 Å².